The van der Waals surface area contributed by atoms with Crippen molar-refractivity contribution in [1.29, 1.82) is 0 Å². The van der Waals surface area contributed by atoms with E-state index >= 15 is 0 Å². The minimum absolute atomic E-state index is 0.563. The van der Waals surface area contributed by atoms with Crippen molar-refractivity contribution >= 4 is 14.9 Å². The molecule has 1 spiro atoms. The van der Waals surface area contributed by atoms with Gasteiger partial charge >= 0.3 is 101 Å². The van der Waals surface area contributed by atoms with Crippen LogP contribution in [0.25, 0.3) is 0 Å². The van der Waals surface area contributed by atoms with E-state index in [1.807, 2.05) is 36.4 Å². The van der Waals surface area contributed by atoms with E-state index in [0.717, 1.165) is 0 Å². The molecular formula is C12H7AsO4. The van der Waals surface area contributed by atoms with E-state index in [1.54, 1.807) is 6.08 Å². The van der Waals surface area contributed by atoms with Crippen LogP contribution in [-0.4, -0.2) is 14.9 Å². The second-order valence-electron chi connectivity index (χ2n) is 3.62. The van der Waals surface area contributed by atoms with Gasteiger partial charge in [0.05, 0.1) is 0 Å². The van der Waals surface area contributed by atoms with Gasteiger partial charge in [-0.3, -0.25) is 0 Å². The van der Waals surface area contributed by atoms with Crippen LogP contribution in [0.4, 0.5) is 0 Å². The molecule has 0 radical (unpaired) electrons. The number of benzene rings is 1. The summed E-state index contributed by atoms with van der Waals surface area (Å²) < 4.78 is 22.8. The van der Waals surface area contributed by atoms with E-state index in [0.29, 0.717) is 23.0 Å². The Balaban J connectivity index is 1.72. The number of fused-ring (bicyclic) bond motifs is 2. The van der Waals surface area contributed by atoms with Gasteiger partial charge in [0.15, 0.2) is 0 Å². The summed E-state index contributed by atoms with van der Waals surface area (Å²) in [7, 11) is 0. The van der Waals surface area contributed by atoms with Gasteiger partial charge in [0.25, 0.3) is 0 Å². The van der Waals surface area contributed by atoms with E-state index < -0.39 is 14.9 Å². The molecule has 2 aliphatic heterocycles. The van der Waals surface area contributed by atoms with Gasteiger partial charge in [-0.05, 0) is 0 Å². The zero-order chi connectivity index (χ0) is 11.3. The van der Waals surface area contributed by atoms with Crippen LogP contribution in [0.2, 0.25) is 0 Å². The molecule has 1 fully saturated rings. The van der Waals surface area contributed by atoms with Crippen LogP contribution in [-0.2, 0) is 7.45 Å². The molecule has 17 heavy (non-hydrogen) atoms. The number of allylic oxidation sites excluding steroid dienone is 4. The summed E-state index contributed by atoms with van der Waals surface area (Å²) in [6, 6.07) is 7.44. The normalized spacial score (nSPS) is 22.8. The Kier molecular flexibility index (Phi) is 1.66. The molecule has 0 unspecified atom stereocenters. The van der Waals surface area contributed by atoms with Crippen LogP contribution >= 0.6 is 0 Å². The van der Waals surface area contributed by atoms with Crippen LogP contribution < -0.4 is 7.45 Å². The standard InChI is InChI=1S/C12H7AsO4/c1-2-6-10-9(5-1)14-13(15-10)16-11-7-3-4-8-12(11)17-13/h1-7H. The van der Waals surface area contributed by atoms with Crippen LogP contribution in [0, 0.1) is 6.08 Å². The Labute approximate surface area is 102 Å². The van der Waals surface area contributed by atoms with E-state index in [2.05, 4.69) is 6.08 Å². The maximum absolute atomic E-state index is 5.72. The molecule has 1 aliphatic carbocycles. The van der Waals surface area contributed by atoms with Crippen molar-refractivity contribution in [3.8, 4) is 11.5 Å². The third kappa shape index (κ3) is 1.29. The summed E-state index contributed by atoms with van der Waals surface area (Å²) in [5.74, 6) is 2.54. The molecule has 1 saturated heterocycles. The van der Waals surface area contributed by atoms with Gasteiger partial charge in [0.2, 0.25) is 0 Å². The summed E-state index contributed by atoms with van der Waals surface area (Å²) in [6.07, 6.45) is 8.38. The molecular weight excluding hydrogens is 283 g/mol. The van der Waals surface area contributed by atoms with Crippen molar-refractivity contribution in [3.05, 3.63) is 60.1 Å². The van der Waals surface area contributed by atoms with Crippen LogP contribution in [0.5, 0.6) is 11.5 Å². The fourth-order valence-electron chi connectivity index (χ4n) is 1.74. The summed E-state index contributed by atoms with van der Waals surface area (Å²) in [5, 5.41) is 0. The van der Waals surface area contributed by atoms with Crippen LogP contribution in [0.15, 0.2) is 54.0 Å². The molecule has 0 amide bonds. The molecule has 0 saturated carbocycles. The first-order chi connectivity index (χ1) is 8.35. The Bertz CT molecular complexity index is 537. The van der Waals surface area contributed by atoms with Gasteiger partial charge in [-0.2, -0.15) is 0 Å². The predicted octanol–water partition coefficient (Wildman–Crippen LogP) is 2.08. The number of rotatable bonds is 0. The average molecular weight is 290 g/mol. The van der Waals surface area contributed by atoms with Crippen LogP contribution in [0.3, 0.4) is 0 Å². The molecule has 4 rings (SSSR count). The van der Waals surface area contributed by atoms with E-state index in [-0.39, 0.29) is 0 Å². The molecule has 2 heterocycles. The summed E-state index contributed by atoms with van der Waals surface area (Å²) in [6.45, 7) is 0. The van der Waals surface area contributed by atoms with E-state index in [4.69, 9.17) is 14.9 Å². The average Bonchev–Trinajstić information content (AvgIpc) is 2.87. The summed E-state index contributed by atoms with van der Waals surface area (Å²) in [5.41, 5.74) is 0. The Morgan fingerprint density at radius 3 is 2.41 bits per heavy atom. The first-order valence-electron chi connectivity index (χ1n) is 5.12. The van der Waals surface area contributed by atoms with Crippen molar-refractivity contribution in [1.82, 2.24) is 0 Å². The Hall–Kier alpha value is -1.89. The first-order valence-corrected chi connectivity index (χ1v) is 8.18. The van der Waals surface area contributed by atoms with Crippen molar-refractivity contribution in [2.45, 2.75) is 0 Å². The summed E-state index contributed by atoms with van der Waals surface area (Å²) >= 11 is -3.49. The van der Waals surface area contributed by atoms with Gasteiger partial charge in [-0.1, -0.05) is 0 Å². The Morgan fingerprint density at radius 1 is 0.941 bits per heavy atom. The third-order valence-electron chi connectivity index (χ3n) is 2.46. The van der Waals surface area contributed by atoms with Gasteiger partial charge in [0, 0.05) is 0 Å². The molecule has 0 bridgehead atoms. The second kappa shape index (κ2) is 3.07. The number of hydrogen-bond acceptors (Lipinski definition) is 4. The Morgan fingerprint density at radius 2 is 1.71 bits per heavy atom. The maximum atomic E-state index is 5.72. The second-order valence-corrected chi connectivity index (χ2v) is 7.03. The van der Waals surface area contributed by atoms with Gasteiger partial charge < -0.3 is 0 Å². The SMILES string of the molecule is [C+]1=C2O[As-]3(OC2=CC=C1)Oc1ccccc1O3. The monoisotopic (exact) mass is 290 g/mol. The third-order valence-corrected chi connectivity index (χ3v) is 5.96. The minimum atomic E-state index is -3.49. The number of para-hydroxylation sites is 2. The van der Waals surface area contributed by atoms with E-state index in [1.165, 1.54) is 0 Å². The predicted molar refractivity (Wildman–Crippen MR) is 59.6 cm³/mol. The molecule has 0 N–H and O–H groups in total. The molecule has 0 atom stereocenters. The molecule has 5 heteroatoms. The molecule has 4 nitrogen and oxygen atoms in total. The summed E-state index contributed by atoms with van der Waals surface area (Å²) in [4.78, 5) is 0. The van der Waals surface area contributed by atoms with Gasteiger partial charge in [-0.25, -0.2) is 0 Å². The van der Waals surface area contributed by atoms with Gasteiger partial charge in [0.1, 0.15) is 0 Å². The van der Waals surface area contributed by atoms with Crippen molar-refractivity contribution in [2.24, 2.45) is 0 Å². The molecule has 84 valence electrons. The topological polar surface area (TPSA) is 36.9 Å². The molecule has 1 aromatic carbocycles. The molecule has 3 aliphatic rings. The zero-order valence-corrected chi connectivity index (χ0v) is 10.5. The van der Waals surface area contributed by atoms with Crippen molar-refractivity contribution < 1.29 is 14.9 Å². The van der Waals surface area contributed by atoms with Gasteiger partial charge in [-0.15, -0.1) is 0 Å². The zero-order valence-electron chi connectivity index (χ0n) is 8.62. The van der Waals surface area contributed by atoms with Crippen molar-refractivity contribution in [2.75, 3.05) is 0 Å². The van der Waals surface area contributed by atoms with E-state index in [9.17, 15) is 0 Å². The van der Waals surface area contributed by atoms with Crippen molar-refractivity contribution in [3.63, 3.8) is 0 Å². The van der Waals surface area contributed by atoms with Crippen LogP contribution in [0.1, 0.15) is 0 Å². The molecule has 0 aromatic heterocycles. The number of hydrogen-bond donors (Lipinski definition) is 0. The fraction of sp³-hybridized carbons (Fsp3) is 0. The molecule has 1 aromatic rings. The fourth-order valence-corrected chi connectivity index (χ4v) is 5.42. The first kappa shape index (κ1) is 9.17. The quantitative estimate of drug-likeness (QED) is 0.541.